The molecule has 0 spiro atoms. The molecule has 0 bridgehead atoms. The molecule has 0 fully saturated rings. The first kappa shape index (κ1) is 13.1. The minimum Gasteiger partial charge on any atom is -0.451 e. The van der Waals surface area contributed by atoms with Crippen molar-refractivity contribution in [1.29, 1.82) is 0 Å². The minimum atomic E-state index is -0.622. The summed E-state index contributed by atoms with van der Waals surface area (Å²) in [6.07, 6.45) is 0. The molecule has 0 aliphatic heterocycles. The van der Waals surface area contributed by atoms with E-state index in [9.17, 15) is 14.9 Å². The molecule has 0 aliphatic carbocycles. The van der Waals surface area contributed by atoms with Crippen LogP contribution in [0.3, 0.4) is 0 Å². The number of nitrogens with zero attached hydrogens (tertiary/aromatic N) is 1. The number of nitrogen functional groups attached to an aromatic ring is 1. The zero-order valence-electron chi connectivity index (χ0n) is 9.42. The van der Waals surface area contributed by atoms with Crippen molar-refractivity contribution in [3.8, 4) is 11.3 Å². The summed E-state index contributed by atoms with van der Waals surface area (Å²) in [4.78, 5) is 21.6. The normalized spacial score (nSPS) is 10.2. The molecule has 1 heterocycles. The third-order valence-electron chi connectivity index (χ3n) is 2.38. The maximum atomic E-state index is 11.2. The van der Waals surface area contributed by atoms with Gasteiger partial charge in [0, 0.05) is 11.1 Å². The summed E-state index contributed by atoms with van der Waals surface area (Å²) in [5.41, 5.74) is 1.93. The number of nitro benzene ring substituents is 1. The lowest BCUT2D eigenvalue weighted by Gasteiger charge is -2.00. The molecule has 2 rings (SSSR count). The first-order chi connectivity index (χ1) is 9.02. The van der Waals surface area contributed by atoms with Crippen molar-refractivity contribution >= 4 is 23.2 Å². The fourth-order valence-electron chi connectivity index (χ4n) is 1.54. The monoisotopic (exact) mass is 281 g/mol. The molecule has 1 aromatic heterocycles. The number of benzene rings is 1. The number of rotatable bonds is 3. The van der Waals surface area contributed by atoms with E-state index in [4.69, 9.17) is 21.9 Å². The maximum absolute atomic E-state index is 11.2. The van der Waals surface area contributed by atoms with E-state index in [1.54, 1.807) is 0 Å². The molecular formula is C11H8ClN3O4. The number of carbonyl (C=O) groups is 1. The van der Waals surface area contributed by atoms with Crippen molar-refractivity contribution in [1.82, 2.24) is 5.43 Å². The lowest BCUT2D eigenvalue weighted by Crippen LogP contribution is -2.29. The molecule has 1 amide bonds. The van der Waals surface area contributed by atoms with Gasteiger partial charge in [0.15, 0.2) is 5.76 Å². The number of nitrogens with two attached hydrogens (primary N) is 1. The second-order valence-corrected chi connectivity index (χ2v) is 3.99. The van der Waals surface area contributed by atoms with Gasteiger partial charge < -0.3 is 4.42 Å². The summed E-state index contributed by atoms with van der Waals surface area (Å²) in [5.74, 6) is 4.48. The maximum Gasteiger partial charge on any atom is 0.300 e. The van der Waals surface area contributed by atoms with Crippen LogP contribution in [0.15, 0.2) is 34.7 Å². The molecule has 19 heavy (non-hydrogen) atoms. The highest BCUT2D eigenvalue weighted by molar-refractivity contribution is 6.30. The van der Waals surface area contributed by atoms with Gasteiger partial charge in [0.2, 0.25) is 0 Å². The van der Waals surface area contributed by atoms with Gasteiger partial charge in [0.05, 0.1) is 10.5 Å². The van der Waals surface area contributed by atoms with Gasteiger partial charge in [-0.1, -0.05) is 11.6 Å². The lowest BCUT2D eigenvalue weighted by molar-refractivity contribution is -0.384. The zero-order valence-corrected chi connectivity index (χ0v) is 10.2. The van der Waals surface area contributed by atoms with Crippen molar-refractivity contribution < 1.29 is 14.1 Å². The predicted octanol–water partition coefficient (Wildman–Crippen LogP) is 2.11. The number of furan rings is 1. The number of nitro groups is 1. The van der Waals surface area contributed by atoms with Gasteiger partial charge in [-0.05, 0) is 24.3 Å². The fraction of sp³-hybridized carbons (Fsp3) is 0. The van der Waals surface area contributed by atoms with E-state index in [0.717, 1.165) is 0 Å². The molecule has 0 radical (unpaired) electrons. The van der Waals surface area contributed by atoms with E-state index in [2.05, 4.69) is 0 Å². The number of hydrogen-bond acceptors (Lipinski definition) is 5. The number of carbonyl (C=O) groups excluding carboxylic acids is 1. The van der Waals surface area contributed by atoms with Crippen molar-refractivity contribution in [2.75, 3.05) is 0 Å². The molecule has 0 saturated carbocycles. The second kappa shape index (κ2) is 5.09. The average molecular weight is 282 g/mol. The van der Waals surface area contributed by atoms with Crippen LogP contribution < -0.4 is 11.3 Å². The third-order valence-corrected chi connectivity index (χ3v) is 2.62. The Balaban J connectivity index is 2.50. The largest absolute Gasteiger partial charge is 0.451 e. The van der Waals surface area contributed by atoms with E-state index >= 15 is 0 Å². The van der Waals surface area contributed by atoms with Crippen LogP contribution >= 0.6 is 11.6 Å². The molecule has 7 nitrogen and oxygen atoms in total. The molecule has 3 N–H and O–H groups in total. The zero-order chi connectivity index (χ0) is 14.0. The van der Waals surface area contributed by atoms with E-state index < -0.39 is 10.8 Å². The Morgan fingerprint density at radius 1 is 1.37 bits per heavy atom. The van der Waals surface area contributed by atoms with Gasteiger partial charge in [0.25, 0.3) is 5.69 Å². The quantitative estimate of drug-likeness (QED) is 0.387. The molecule has 2 aromatic rings. The first-order valence-corrected chi connectivity index (χ1v) is 5.46. The van der Waals surface area contributed by atoms with Crippen LogP contribution in [0.2, 0.25) is 5.02 Å². The standard InChI is InChI=1S/C11H8ClN3O4/c12-6-1-2-7(8(5-6)15(17)18)9-3-4-10(19-9)11(16)14-13/h1-5H,13H2,(H,14,16). The van der Waals surface area contributed by atoms with Gasteiger partial charge in [-0.2, -0.15) is 0 Å². The number of nitrogens with one attached hydrogen (secondary N) is 1. The smallest absolute Gasteiger partial charge is 0.300 e. The van der Waals surface area contributed by atoms with Gasteiger partial charge in [-0.25, -0.2) is 5.84 Å². The molecule has 0 atom stereocenters. The fourth-order valence-corrected chi connectivity index (χ4v) is 1.71. The summed E-state index contributed by atoms with van der Waals surface area (Å²) in [7, 11) is 0. The molecule has 8 heteroatoms. The Labute approximate surface area is 112 Å². The highest BCUT2D eigenvalue weighted by Crippen LogP contribution is 2.33. The van der Waals surface area contributed by atoms with Crippen LogP contribution in [-0.4, -0.2) is 10.8 Å². The van der Waals surface area contributed by atoms with E-state index in [-0.39, 0.29) is 27.8 Å². The van der Waals surface area contributed by atoms with E-state index in [1.165, 1.54) is 30.3 Å². The molecule has 0 unspecified atom stereocenters. The topological polar surface area (TPSA) is 111 Å². The summed E-state index contributed by atoms with van der Waals surface area (Å²) in [6, 6.07) is 6.97. The van der Waals surface area contributed by atoms with Crippen LogP contribution in [0.4, 0.5) is 5.69 Å². The number of hydrogen-bond donors (Lipinski definition) is 2. The van der Waals surface area contributed by atoms with Crippen LogP contribution in [0.1, 0.15) is 10.6 Å². The minimum absolute atomic E-state index is 0.0400. The van der Waals surface area contributed by atoms with Crippen LogP contribution in [0, 0.1) is 10.1 Å². The van der Waals surface area contributed by atoms with E-state index in [1.807, 2.05) is 5.43 Å². The SMILES string of the molecule is NNC(=O)c1ccc(-c2ccc(Cl)cc2[N+](=O)[O-])o1. The van der Waals surface area contributed by atoms with Crippen molar-refractivity contribution in [3.63, 3.8) is 0 Å². The van der Waals surface area contributed by atoms with Gasteiger partial charge in [0.1, 0.15) is 5.76 Å². The molecule has 98 valence electrons. The summed E-state index contributed by atoms with van der Waals surface area (Å²) in [5, 5.41) is 11.2. The third kappa shape index (κ3) is 2.56. The van der Waals surface area contributed by atoms with Crippen molar-refractivity contribution in [3.05, 3.63) is 51.2 Å². The van der Waals surface area contributed by atoms with Gasteiger partial charge in [-0.3, -0.25) is 20.3 Å². The lowest BCUT2D eigenvalue weighted by atomic mass is 10.1. The number of halogens is 1. The summed E-state index contributed by atoms with van der Waals surface area (Å²) in [6.45, 7) is 0. The second-order valence-electron chi connectivity index (χ2n) is 3.56. The molecule has 1 aromatic carbocycles. The summed E-state index contributed by atoms with van der Waals surface area (Å²) >= 11 is 5.71. The van der Waals surface area contributed by atoms with Crippen LogP contribution in [-0.2, 0) is 0 Å². The Morgan fingerprint density at radius 2 is 2.11 bits per heavy atom. The summed E-state index contributed by atoms with van der Waals surface area (Å²) < 4.78 is 5.21. The number of hydrazine groups is 1. The van der Waals surface area contributed by atoms with Gasteiger partial charge in [-0.15, -0.1) is 0 Å². The Hall–Kier alpha value is -2.38. The number of amides is 1. The van der Waals surface area contributed by atoms with Crippen molar-refractivity contribution in [2.45, 2.75) is 0 Å². The highest BCUT2D eigenvalue weighted by atomic mass is 35.5. The molecule has 0 saturated heterocycles. The first-order valence-electron chi connectivity index (χ1n) is 5.08. The van der Waals surface area contributed by atoms with E-state index in [0.29, 0.717) is 0 Å². The average Bonchev–Trinajstić information content (AvgIpc) is 2.87. The van der Waals surface area contributed by atoms with Crippen molar-refractivity contribution in [2.24, 2.45) is 5.84 Å². The predicted molar refractivity (Wildman–Crippen MR) is 67.5 cm³/mol. The Bertz CT molecular complexity index is 653. The molecular weight excluding hydrogens is 274 g/mol. The Morgan fingerprint density at radius 3 is 2.74 bits per heavy atom. The van der Waals surface area contributed by atoms with Crippen LogP contribution in [0.25, 0.3) is 11.3 Å². The highest BCUT2D eigenvalue weighted by Gasteiger charge is 2.20. The Kier molecular flexibility index (Phi) is 3.50. The van der Waals surface area contributed by atoms with Gasteiger partial charge >= 0.3 is 5.91 Å². The van der Waals surface area contributed by atoms with Crippen LogP contribution in [0.5, 0.6) is 0 Å². The molecule has 0 aliphatic rings.